The van der Waals surface area contributed by atoms with Crippen LogP contribution in [-0.2, 0) is 77.4 Å². The van der Waals surface area contributed by atoms with Crippen LogP contribution < -0.4 is 5.32 Å². The van der Waals surface area contributed by atoms with Crippen LogP contribution in [0.5, 0.6) is 0 Å². The van der Waals surface area contributed by atoms with Gasteiger partial charge >= 0.3 is 12.1 Å². The first kappa shape index (κ1) is 45.0. The van der Waals surface area contributed by atoms with Gasteiger partial charge in [-0.2, -0.15) is 0 Å². The second kappa shape index (κ2) is 22.8. The number of nitrogens with one attached hydrogen (secondary N) is 2. The number of ether oxygens (including phenoxy) is 7. The van der Waals surface area contributed by atoms with E-state index in [9.17, 15) is 9.59 Å². The number of aromatic amines is 1. The lowest BCUT2D eigenvalue weighted by Gasteiger charge is -2.46. The van der Waals surface area contributed by atoms with Crippen molar-refractivity contribution in [3.63, 3.8) is 0 Å². The van der Waals surface area contributed by atoms with Gasteiger partial charge in [0.15, 0.2) is 0 Å². The Morgan fingerprint density at radius 2 is 1.03 bits per heavy atom. The lowest BCUT2D eigenvalue weighted by molar-refractivity contribution is -0.275. The molecule has 11 heteroatoms. The first-order chi connectivity index (χ1) is 32.0. The summed E-state index contributed by atoms with van der Waals surface area (Å²) in [5, 5.41) is 3.62. The first-order valence-electron chi connectivity index (χ1n) is 21.9. The van der Waals surface area contributed by atoms with E-state index in [1.54, 1.807) is 0 Å². The van der Waals surface area contributed by atoms with Gasteiger partial charge in [-0.3, -0.25) is 0 Å². The Bertz CT molecular complexity index is 2520. The van der Waals surface area contributed by atoms with Crippen LogP contribution in [0.25, 0.3) is 10.9 Å². The van der Waals surface area contributed by atoms with Crippen LogP contribution in [0.2, 0.25) is 0 Å². The van der Waals surface area contributed by atoms with Gasteiger partial charge in [-0.1, -0.05) is 170 Å². The van der Waals surface area contributed by atoms with Crippen LogP contribution in [0.1, 0.15) is 45.2 Å². The van der Waals surface area contributed by atoms with Crippen LogP contribution in [0, 0.1) is 0 Å². The third kappa shape index (κ3) is 12.2. The normalized spacial score (nSPS) is 18.8. The van der Waals surface area contributed by atoms with E-state index in [-0.39, 0.29) is 39.5 Å². The zero-order valence-electron chi connectivity index (χ0n) is 36.3. The molecule has 1 aliphatic rings. The lowest BCUT2D eigenvalue weighted by atomic mass is 9.89. The molecule has 6 atom stereocenters. The predicted octanol–water partition coefficient (Wildman–Crippen LogP) is 9.59. The fourth-order valence-electron chi connectivity index (χ4n) is 8.15. The highest BCUT2D eigenvalue weighted by atomic mass is 16.6. The molecular formula is C54H54N2O9. The SMILES string of the molecule is COC(=O)[C@H](Cc1c([C@H]2O[C@H](COCc3ccccc3)[C@H](OCc3ccccc3)[C@H](OCc3ccccc3)[C@H]2OCc2ccccc2)[nH]c2ccccc12)NC(=O)OCc1ccccc1. The number of hydrogen-bond donors (Lipinski definition) is 2. The quantitative estimate of drug-likeness (QED) is 0.0721. The number of fused-ring (bicyclic) bond motifs is 1. The Balaban J connectivity index is 1.19. The van der Waals surface area contributed by atoms with Gasteiger partial charge in [-0.15, -0.1) is 0 Å². The summed E-state index contributed by atoms with van der Waals surface area (Å²) in [7, 11) is 1.30. The number of H-pyrrole nitrogens is 1. The molecule has 11 nitrogen and oxygen atoms in total. The number of carbonyl (C=O) groups is 2. The van der Waals surface area contributed by atoms with E-state index >= 15 is 0 Å². The fraction of sp³-hybridized carbons (Fsp3) is 0.259. The number of carbonyl (C=O) groups excluding carboxylic acids is 2. The van der Waals surface area contributed by atoms with Crippen molar-refractivity contribution in [3.05, 3.63) is 215 Å². The molecule has 2 N–H and O–H groups in total. The number of rotatable bonds is 20. The number of benzene rings is 6. The molecule has 8 rings (SSSR count). The maximum Gasteiger partial charge on any atom is 0.408 e. The number of aromatic nitrogens is 1. The van der Waals surface area contributed by atoms with Gasteiger partial charge in [0.1, 0.15) is 43.2 Å². The van der Waals surface area contributed by atoms with Crippen molar-refractivity contribution in [2.75, 3.05) is 13.7 Å². The molecule has 1 aliphatic heterocycles. The van der Waals surface area contributed by atoms with E-state index in [0.29, 0.717) is 12.3 Å². The molecular weight excluding hydrogens is 821 g/mol. The summed E-state index contributed by atoms with van der Waals surface area (Å²) >= 11 is 0. The number of methoxy groups -OCH3 is 1. The second-order valence-electron chi connectivity index (χ2n) is 15.9. The molecule has 0 saturated carbocycles. The van der Waals surface area contributed by atoms with Crippen LogP contribution in [0.3, 0.4) is 0 Å². The Kier molecular flexibility index (Phi) is 15.8. The Labute approximate surface area is 379 Å². The highest BCUT2D eigenvalue weighted by Gasteiger charge is 2.50. The topological polar surface area (TPSA) is 127 Å². The van der Waals surface area contributed by atoms with Crippen molar-refractivity contribution in [1.82, 2.24) is 10.3 Å². The van der Waals surface area contributed by atoms with E-state index < -0.39 is 48.6 Å². The minimum absolute atomic E-state index is 0.0286. The summed E-state index contributed by atoms with van der Waals surface area (Å²) in [6, 6.07) is 56.0. The zero-order valence-corrected chi connectivity index (χ0v) is 36.3. The first-order valence-corrected chi connectivity index (χ1v) is 21.9. The van der Waals surface area contributed by atoms with Crippen LogP contribution >= 0.6 is 0 Å². The van der Waals surface area contributed by atoms with Crippen molar-refractivity contribution in [3.8, 4) is 0 Å². The van der Waals surface area contributed by atoms with E-state index in [4.69, 9.17) is 33.2 Å². The van der Waals surface area contributed by atoms with Crippen LogP contribution in [0.4, 0.5) is 4.79 Å². The molecule has 0 aliphatic carbocycles. The van der Waals surface area contributed by atoms with E-state index in [0.717, 1.165) is 44.3 Å². The predicted molar refractivity (Wildman–Crippen MR) is 246 cm³/mol. The van der Waals surface area contributed by atoms with Crippen molar-refractivity contribution >= 4 is 23.0 Å². The molecule has 0 spiro atoms. The third-order valence-corrected chi connectivity index (χ3v) is 11.4. The summed E-state index contributed by atoms with van der Waals surface area (Å²) in [6.07, 6.45) is -4.32. The summed E-state index contributed by atoms with van der Waals surface area (Å²) in [4.78, 5) is 30.6. The molecule has 65 heavy (non-hydrogen) atoms. The molecule has 1 aromatic heterocycles. The van der Waals surface area contributed by atoms with Gasteiger partial charge in [0.2, 0.25) is 0 Å². The smallest absolute Gasteiger partial charge is 0.408 e. The van der Waals surface area contributed by atoms with Gasteiger partial charge in [-0.25, -0.2) is 9.59 Å². The molecule has 7 aromatic rings. The van der Waals surface area contributed by atoms with Crippen LogP contribution in [-0.4, -0.2) is 61.2 Å². The van der Waals surface area contributed by atoms with Crippen molar-refractivity contribution in [1.29, 1.82) is 0 Å². The molecule has 0 radical (unpaired) electrons. The van der Waals surface area contributed by atoms with E-state index in [2.05, 4.69) is 10.3 Å². The molecule has 0 unspecified atom stereocenters. The highest BCUT2D eigenvalue weighted by Crippen LogP contribution is 2.41. The van der Waals surface area contributed by atoms with Crippen LogP contribution in [0.15, 0.2) is 176 Å². The van der Waals surface area contributed by atoms with Crippen molar-refractivity contribution in [2.24, 2.45) is 0 Å². The standard InChI is InChI=1S/C54H54N2O9/c1-59-53(57)46(56-54(58)64-36-42-27-15-6-16-28-42)31-44-43-29-17-18-30-45(43)55-48(44)50-52(63-35-41-25-13-5-14-26-41)51(62-34-40-23-11-4-12-24-40)49(61-33-39-21-9-3-10-22-39)47(65-50)37-60-32-38-19-7-2-8-20-38/h2-30,46-47,49-52,55H,31-37H2,1H3,(H,56,58)/t46-,47+,49-,50+,51-,52-/m0/s1. The molecule has 0 bridgehead atoms. The molecule has 6 aromatic carbocycles. The van der Waals surface area contributed by atoms with E-state index in [1.807, 2.05) is 176 Å². The van der Waals surface area contributed by atoms with Gasteiger partial charge in [0.05, 0.1) is 45.8 Å². The minimum atomic E-state index is -1.12. The molecule has 2 heterocycles. The maximum atomic E-state index is 13.6. The van der Waals surface area contributed by atoms with Gasteiger partial charge in [-0.05, 0) is 39.4 Å². The maximum absolute atomic E-state index is 13.6. The lowest BCUT2D eigenvalue weighted by Crippen LogP contribution is -2.58. The van der Waals surface area contributed by atoms with Gasteiger partial charge < -0.3 is 43.5 Å². The highest BCUT2D eigenvalue weighted by molar-refractivity contribution is 5.87. The molecule has 1 amide bonds. The average Bonchev–Trinajstić information content (AvgIpc) is 3.72. The second-order valence-corrected chi connectivity index (χ2v) is 15.9. The summed E-state index contributed by atoms with van der Waals surface area (Å²) < 4.78 is 45.6. The Morgan fingerprint density at radius 3 is 1.57 bits per heavy atom. The average molecular weight is 875 g/mol. The molecule has 334 valence electrons. The van der Waals surface area contributed by atoms with Crippen molar-refractivity contribution < 1.29 is 42.7 Å². The molecule has 1 saturated heterocycles. The number of amides is 1. The van der Waals surface area contributed by atoms with Gasteiger partial charge in [0.25, 0.3) is 0 Å². The van der Waals surface area contributed by atoms with Gasteiger partial charge in [0, 0.05) is 17.3 Å². The molecule has 1 fully saturated rings. The number of alkyl carbamates (subject to hydrolysis) is 1. The third-order valence-electron chi connectivity index (χ3n) is 11.4. The van der Waals surface area contributed by atoms with Crippen molar-refractivity contribution in [2.45, 2.75) is 76.0 Å². The summed E-state index contributed by atoms with van der Waals surface area (Å²) in [5.41, 5.74) is 6.95. The fourth-order valence-corrected chi connectivity index (χ4v) is 8.15. The van der Waals surface area contributed by atoms with E-state index in [1.165, 1.54) is 7.11 Å². The monoisotopic (exact) mass is 874 g/mol. The number of hydrogen-bond acceptors (Lipinski definition) is 9. The number of esters is 1. The summed E-state index contributed by atoms with van der Waals surface area (Å²) in [6.45, 7) is 1.34. The zero-order chi connectivity index (χ0) is 44.6. The Morgan fingerprint density at radius 1 is 0.569 bits per heavy atom. The largest absolute Gasteiger partial charge is 0.467 e. The minimum Gasteiger partial charge on any atom is -0.467 e. The summed E-state index contributed by atoms with van der Waals surface area (Å²) in [5.74, 6) is -0.634. The Hall–Kier alpha value is -6.60. The number of para-hydroxylation sites is 1.